The van der Waals surface area contributed by atoms with Gasteiger partial charge in [0.1, 0.15) is 12.4 Å². The SMILES string of the molecule is Nc1ccccc1OCC#Cc1ccccc1. The lowest BCUT2D eigenvalue weighted by molar-refractivity contribution is 0.372. The smallest absolute Gasteiger partial charge is 0.149 e. The minimum absolute atomic E-state index is 0.336. The van der Waals surface area contributed by atoms with Crippen LogP contribution in [0.3, 0.4) is 0 Å². The lowest BCUT2D eigenvalue weighted by Crippen LogP contribution is -1.97. The second kappa shape index (κ2) is 5.62. The molecule has 0 aliphatic carbocycles. The number of rotatable bonds is 2. The predicted octanol–water partition coefficient (Wildman–Crippen LogP) is 2.70. The van der Waals surface area contributed by atoms with Gasteiger partial charge in [0.05, 0.1) is 5.69 Å². The number of anilines is 1. The summed E-state index contributed by atoms with van der Waals surface area (Å²) in [5, 5.41) is 0. The number of nitrogens with two attached hydrogens (primary N) is 1. The van der Waals surface area contributed by atoms with E-state index in [9.17, 15) is 0 Å². The van der Waals surface area contributed by atoms with E-state index in [1.54, 1.807) is 6.07 Å². The molecule has 0 heterocycles. The van der Waals surface area contributed by atoms with Crippen molar-refractivity contribution in [3.8, 4) is 17.6 Å². The Bertz CT molecular complexity index is 538. The van der Waals surface area contributed by atoms with Crippen LogP contribution in [-0.2, 0) is 0 Å². The molecular formula is C15H13NO. The number of hydrogen-bond donors (Lipinski definition) is 1. The first-order chi connectivity index (χ1) is 8.36. The summed E-state index contributed by atoms with van der Waals surface area (Å²) in [6, 6.07) is 17.2. The Labute approximate surface area is 101 Å². The van der Waals surface area contributed by atoms with Gasteiger partial charge in [-0.1, -0.05) is 42.2 Å². The van der Waals surface area contributed by atoms with E-state index in [1.807, 2.05) is 48.5 Å². The fraction of sp³-hybridized carbons (Fsp3) is 0.0667. The molecule has 0 fully saturated rings. The van der Waals surface area contributed by atoms with Crippen LogP contribution < -0.4 is 10.5 Å². The third-order valence-electron chi connectivity index (χ3n) is 2.23. The number of benzene rings is 2. The second-order valence-corrected chi connectivity index (χ2v) is 3.49. The van der Waals surface area contributed by atoms with E-state index < -0.39 is 0 Å². The summed E-state index contributed by atoms with van der Waals surface area (Å²) in [6.45, 7) is 0.336. The van der Waals surface area contributed by atoms with Gasteiger partial charge in [-0.2, -0.15) is 0 Å². The summed E-state index contributed by atoms with van der Waals surface area (Å²) in [5.41, 5.74) is 7.36. The van der Waals surface area contributed by atoms with Gasteiger partial charge >= 0.3 is 0 Å². The van der Waals surface area contributed by atoms with Crippen molar-refractivity contribution in [3.63, 3.8) is 0 Å². The number of para-hydroxylation sites is 2. The molecule has 0 bridgehead atoms. The predicted molar refractivity (Wildman–Crippen MR) is 69.7 cm³/mol. The molecule has 0 saturated heterocycles. The van der Waals surface area contributed by atoms with Crippen molar-refractivity contribution in [2.75, 3.05) is 12.3 Å². The van der Waals surface area contributed by atoms with Gasteiger partial charge in [0, 0.05) is 5.56 Å². The van der Waals surface area contributed by atoms with Gasteiger partial charge in [0.15, 0.2) is 0 Å². The lowest BCUT2D eigenvalue weighted by atomic mass is 10.2. The first-order valence-corrected chi connectivity index (χ1v) is 5.37. The Balaban J connectivity index is 1.93. The van der Waals surface area contributed by atoms with Crippen LogP contribution >= 0.6 is 0 Å². The van der Waals surface area contributed by atoms with Crippen LogP contribution in [0.4, 0.5) is 5.69 Å². The van der Waals surface area contributed by atoms with Crippen LogP contribution in [0.1, 0.15) is 5.56 Å². The summed E-state index contributed by atoms with van der Waals surface area (Å²) in [7, 11) is 0. The van der Waals surface area contributed by atoms with Gasteiger partial charge in [-0.3, -0.25) is 0 Å². The fourth-order valence-corrected chi connectivity index (χ4v) is 1.39. The number of hydrogen-bond acceptors (Lipinski definition) is 2. The van der Waals surface area contributed by atoms with Crippen molar-refractivity contribution < 1.29 is 4.74 Å². The maximum Gasteiger partial charge on any atom is 0.149 e. The van der Waals surface area contributed by atoms with Crippen molar-refractivity contribution in [1.29, 1.82) is 0 Å². The molecule has 0 unspecified atom stereocenters. The highest BCUT2D eigenvalue weighted by Crippen LogP contribution is 2.19. The molecule has 0 aliphatic rings. The van der Waals surface area contributed by atoms with Crippen molar-refractivity contribution >= 4 is 5.69 Å². The average Bonchev–Trinajstić information content (AvgIpc) is 2.38. The van der Waals surface area contributed by atoms with E-state index in [0.29, 0.717) is 18.0 Å². The minimum Gasteiger partial charge on any atom is -0.479 e. The molecule has 2 nitrogen and oxygen atoms in total. The molecule has 2 aromatic rings. The first-order valence-electron chi connectivity index (χ1n) is 5.37. The van der Waals surface area contributed by atoms with E-state index in [-0.39, 0.29) is 0 Å². The molecule has 0 amide bonds. The molecular weight excluding hydrogens is 210 g/mol. The van der Waals surface area contributed by atoms with Crippen LogP contribution in [-0.4, -0.2) is 6.61 Å². The lowest BCUT2D eigenvalue weighted by Gasteiger charge is -2.04. The van der Waals surface area contributed by atoms with Crippen molar-refractivity contribution in [3.05, 3.63) is 60.2 Å². The molecule has 0 saturated carbocycles. The Hall–Kier alpha value is -2.40. The summed E-state index contributed by atoms with van der Waals surface area (Å²) in [5.74, 6) is 6.64. The van der Waals surface area contributed by atoms with Gasteiger partial charge in [-0.05, 0) is 24.3 Å². The van der Waals surface area contributed by atoms with Gasteiger partial charge in [0.2, 0.25) is 0 Å². The highest BCUT2D eigenvalue weighted by molar-refractivity contribution is 5.51. The number of ether oxygens (including phenoxy) is 1. The molecule has 0 atom stereocenters. The van der Waals surface area contributed by atoms with Crippen LogP contribution in [0.5, 0.6) is 5.75 Å². The first kappa shape index (κ1) is 11.1. The normalized spacial score (nSPS) is 9.18. The van der Waals surface area contributed by atoms with Crippen LogP contribution in [0.15, 0.2) is 54.6 Å². The van der Waals surface area contributed by atoms with Crippen LogP contribution in [0, 0.1) is 11.8 Å². The maximum absolute atomic E-state index is 5.74. The third kappa shape index (κ3) is 3.29. The van der Waals surface area contributed by atoms with E-state index in [1.165, 1.54) is 0 Å². The Kier molecular flexibility index (Phi) is 3.67. The highest BCUT2D eigenvalue weighted by atomic mass is 16.5. The molecule has 2 N–H and O–H groups in total. The second-order valence-electron chi connectivity index (χ2n) is 3.49. The summed E-state index contributed by atoms with van der Waals surface area (Å²) < 4.78 is 5.46. The van der Waals surface area contributed by atoms with Crippen LogP contribution in [0.2, 0.25) is 0 Å². The molecule has 84 valence electrons. The molecule has 0 spiro atoms. The molecule has 17 heavy (non-hydrogen) atoms. The van der Waals surface area contributed by atoms with E-state index in [0.717, 1.165) is 5.56 Å². The quantitative estimate of drug-likeness (QED) is 0.627. The Morgan fingerprint density at radius 2 is 1.65 bits per heavy atom. The minimum atomic E-state index is 0.336. The highest BCUT2D eigenvalue weighted by Gasteiger charge is 1.95. The van der Waals surface area contributed by atoms with Crippen LogP contribution in [0.25, 0.3) is 0 Å². The Morgan fingerprint density at radius 1 is 0.941 bits per heavy atom. The summed E-state index contributed by atoms with van der Waals surface area (Å²) >= 11 is 0. The molecule has 0 radical (unpaired) electrons. The largest absolute Gasteiger partial charge is 0.479 e. The van der Waals surface area contributed by atoms with Gasteiger partial charge in [-0.15, -0.1) is 0 Å². The standard InChI is InChI=1S/C15H13NO/c16-14-10-4-5-11-15(14)17-12-6-9-13-7-2-1-3-8-13/h1-5,7-8,10-11H,12,16H2. The zero-order chi connectivity index (χ0) is 11.9. The molecule has 2 rings (SSSR count). The number of nitrogen functional groups attached to an aromatic ring is 1. The monoisotopic (exact) mass is 223 g/mol. The fourth-order valence-electron chi connectivity index (χ4n) is 1.39. The van der Waals surface area contributed by atoms with Gasteiger partial charge < -0.3 is 10.5 Å². The molecule has 0 aromatic heterocycles. The zero-order valence-corrected chi connectivity index (χ0v) is 9.39. The van der Waals surface area contributed by atoms with E-state index >= 15 is 0 Å². The molecule has 2 heteroatoms. The zero-order valence-electron chi connectivity index (χ0n) is 9.39. The maximum atomic E-state index is 5.74. The van der Waals surface area contributed by atoms with Gasteiger partial charge in [-0.25, -0.2) is 0 Å². The van der Waals surface area contributed by atoms with Crippen molar-refractivity contribution in [2.24, 2.45) is 0 Å². The summed E-state index contributed by atoms with van der Waals surface area (Å²) in [6.07, 6.45) is 0. The van der Waals surface area contributed by atoms with E-state index in [2.05, 4.69) is 11.8 Å². The summed E-state index contributed by atoms with van der Waals surface area (Å²) in [4.78, 5) is 0. The average molecular weight is 223 g/mol. The van der Waals surface area contributed by atoms with Gasteiger partial charge in [0.25, 0.3) is 0 Å². The topological polar surface area (TPSA) is 35.2 Å². The molecule has 0 aliphatic heterocycles. The van der Waals surface area contributed by atoms with Crippen molar-refractivity contribution in [2.45, 2.75) is 0 Å². The Morgan fingerprint density at radius 3 is 2.41 bits per heavy atom. The van der Waals surface area contributed by atoms with E-state index in [4.69, 9.17) is 10.5 Å². The van der Waals surface area contributed by atoms with Crippen molar-refractivity contribution in [1.82, 2.24) is 0 Å². The third-order valence-corrected chi connectivity index (χ3v) is 2.23. The molecule has 2 aromatic carbocycles.